The molecule has 2 aromatic carbocycles. The quantitative estimate of drug-likeness (QED) is 0.126. The Bertz CT molecular complexity index is 1990. The van der Waals surface area contributed by atoms with Crippen LogP contribution >= 0.6 is 0 Å². The van der Waals surface area contributed by atoms with E-state index < -0.39 is 24.3 Å². The highest BCUT2D eigenvalue weighted by atomic mass is 16.5. The van der Waals surface area contributed by atoms with Gasteiger partial charge in [0.25, 0.3) is 0 Å². The van der Waals surface area contributed by atoms with Gasteiger partial charge in [0.15, 0.2) is 0 Å². The van der Waals surface area contributed by atoms with Gasteiger partial charge in [-0.2, -0.15) is 0 Å². The molecule has 306 valence electrons. The molecule has 2 saturated heterocycles. The van der Waals surface area contributed by atoms with Gasteiger partial charge in [0.05, 0.1) is 50.1 Å². The molecule has 2 aliphatic carbocycles. The van der Waals surface area contributed by atoms with E-state index in [2.05, 4.69) is 69.1 Å². The Morgan fingerprint density at radius 2 is 0.966 bits per heavy atom. The SMILES string of the molecule is COC(=O)N[C@H](C(=O)N1[C@@H]2CC[C@H](C2)[C@H]1c1ncc(-c2ccc(-c3ccc(-c4cnc([C@@H]5[C@@H]6CC[C@H](C6)N5C(=O)[C@@H](NC(=O)OC)C(C)C)[nH]4)cc3)cc2)[nH]1)C(C)C. The van der Waals surface area contributed by atoms with Crippen LogP contribution in [0.5, 0.6) is 0 Å². The van der Waals surface area contributed by atoms with E-state index in [9.17, 15) is 19.2 Å². The molecule has 14 heteroatoms. The van der Waals surface area contributed by atoms with Gasteiger partial charge >= 0.3 is 12.2 Å². The lowest BCUT2D eigenvalue weighted by atomic mass is 9.95. The molecular weight excluding hydrogens is 737 g/mol. The fraction of sp³-hybridized carbons (Fsp3) is 0.500. The summed E-state index contributed by atoms with van der Waals surface area (Å²) in [6.45, 7) is 7.71. The second kappa shape index (κ2) is 15.9. The Balaban J connectivity index is 0.951. The Kier molecular flexibility index (Phi) is 10.8. The number of aromatic amines is 2. The van der Waals surface area contributed by atoms with Crippen molar-refractivity contribution in [2.45, 2.75) is 102 Å². The smallest absolute Gasteiger partial charge is 0.407 e. The summed E-state index contributed by atoms with van der Waals surface area (Å²) in [5, 5.41) is 5.51. The monoisotopic (exact) mass is 790 g/mol. The zero-order valence-corrected chi connectivity index (χ0v) is 34.0. The van der Waals surface area contributed by atoms with Crippen LogP contribution < -0.4 is 10.6 Å². The second-order valence-corrected chi connectivity index (χ2v) is 17.1. The molecule has 2 saturated carbocycles. The largest absolute Gasteiger partial charge is 0.453 e. The average Bonchev–Trinajstić information content (AvgIpc) is 4.10. The summed E-state index contributed by atoms with van der Waals surface area (Å²) in [7, 11) is 2.61. The number of piperidine rings is 2. The summed E-state index contributed by atoms with van der Waals surface area (Å²) < 4.78 is 9.64. The fourth-order valence-electron chi connectivity index (χ4n) is 9.99. The van der Waals surface area contributed by atoms with Gasteiger partial charge in [-0.15, -0.1) is 0 Å². The number of hydrogen-bond donors (Lipinski definition) is 4. The van der Waals surface area contributed by atoms with E-state index in [4.69, 9.17) is 19.4 Å². The number of ether oxygens (including phenoxy) is 2. The molecule has 8 rings (SSSR count). The van der Waals surface area contributed by atoms with Crippen LogP contribution in [0.25, 0.3) is 33.6 Å². The van der Waals surface area contributed by atoms with Gasteiger partial charge in [-0.3, -0.25) is 9.59 Å². The van der Waals surface area contributed by atoms with Crippen molar-refractivity contribution in [3.8, 4) is 33.6 Å². The molecule has 14 nitrogen and oxygen atoms in total. The summed E-state index contributed by atoms with van der Waals surface area (Å²) >= 11 is 0. The number of rotatable bonds is 11. The van der Waals surface area contributed by atoms with Crippen LogP contribution in [0.1, 0.15) is 90.0 Å². The molecule has 4 aliphatic rings. The van der Waals surface area contributed by atoms with Crippen molar-refractivity contribution in [1.29, 1.82) is 0 Å². The Morgan fingerprint density at radius 1 is 0.603 bits per heavy atom. The average molecular weight is 791 g/mol. The van der Waals surface area contributed by atoms with E-state index in [0.29, 0.717) is 11.8 Å². The normalized spacial score (nSPS) is 24.3. The number of H-pyrrole nitrogens is 2. The minimum absolute atomic E-state index is 0.0933. The third-order valence-electron chi connectivity index (χ3n) is 12.9. The first-order valence-corrected chi connectivity index (χ1v) is 20.6. The minimum atomic E-state index is -0.681. The van der Waals surface area contributed by atoms with Gasteiger partial charge in [0.2, 0.25) is 11.8 Å². The number of methoxy groups -OCH3 is 2. The summed E-state index contributed by atoms with van der Waals surface area (Å²) in [6, 6.07) is 15.2. The van der Waals surface area contributed by atoms with Crippen molar-refractivity contribution in [3.63, 3.8) is 0 Å². The van der Waals surface area contributed by atoms with Gasteiger partial charge < -0.3 is 39.9 Å². The first-order chi connectivity index (χ1) is 27.9. The van der Waals surface area contributed by atoms with Crippen molar-refractivity contribution >= 4 is 24.0 Å². The maximum absolute atomic E-state index is 13.9. The highest BCUT2D eigenvalue weighted by molar-refractivity contribution is 5.88. The molecule has 0 radical (unpaired) electrons. The molecule has 2 aliphatic heterocycles. The fourth-order valence-corrected chi connectivity index (χ4v) is 9.99. The molecule has 4 amide bonds. The summed E-state index contributed by atoms with van der Waals surface area (Å²) in [6.07, 6.45) is 8.31. The zero-order valence-electron chi connectivity index (χ0n) is 34.0. The number of nitrogens with zero attached hydrogens (tertiary/aromatic N) is 4. The highest BCUT2D eigenvalue weighted by Gasteiger charge is 2.53. The lowest BCUT2D eigenvalue weighted by Crippen LogP contribution is -2.54. The number of carbonyl (C=O) groups excluding carboxylic acids is 4. The molecule has 4 heterocycles. The number of amides is 4. The van der Waals surface area contributed by atoms with Crippen molar-refractivity contribution in [2.24, 2.45) is 23.7 Å². The lowest BCUT2D eigenvalue weighted by molar-refractivity contribution is -0.140. The maximum atomic E-state index is 13.9. The molecular formula is C44H54N8O6. The highest BCUT2D eigenvalue weighted by Crippen LogP contribution is 2.51. The van der Waals surface area contributed by atoms with Crippen LogP contribution in [-0.2, 0) is 19.1 Å². The van der Waals surface area contributed by atoms with Crippen molar-refractivity contribution in [3.05, 3.63) is 72.6 Å². The van der Waals surface area contributed by atoms with E-state index in [1.807, 2.05) is 49.9 Å². The van der Waals surface area contributed by atoms with E-state index in [1.165, 1.54) is 14.2 Å². The number of carbonyl (C=O) groups is 4. The molecule has 4 bridgehead atoms. The van der Waals surface area contributed by atoms with Gasteiger partial charge in [0.1, 0.15) is 23.7 Å². The number of aromatic nitrogens is 4. The number of nitrogens with one attached hydrogen (secondary N) is 4. The maximum Gasteiger partial charge on any atom is 0.407 e. The third-order valence-corrected chi connectivity index (χ3v) is 12.9. The van der Waals surface area contributed by atoms with Gasteiger partial charge in [-0.1, -0.05) is 76.2 Å². The number of likely N-dealkylation sites (tertiary alicyclic amines) is 2. The van der Waals surface area contributed by atoms with Crippen LogP contribution in [0.2, 0.25) is 0 Å². The van der Waals surface area contributed by atoms with Crippen molar-refractivity contribution in [2.75, 3.05) is 14.2 Å². The number of fused-ring (bicyclic) bond motifs is 4. The van der Waals surface area contributed by atoms with Gasteiger partial charge in [0, 0.05) is 12.1 Å². The number of imidazole rings is 2. The van der Waals surface area contributed by atoms with Crippen molar-refractivity contribution in [1.82, 2.24) is 40.4 Å². The second-order valence-electron chi connectivity index (χ2n) is 17.1. The van der Waals surface area contributed by atoms with Crippen molar-refractivity contribution < 1.29 is 28.7 Å². The van der Waals surface area contributed by atoms with E-state index in [0.717, 1.165) is 83.8 Å². The van der Waals surface area contributed by atoms with Crippen LogP contribution in [-0.4, -0.2) is 92.1 Å². The van der Waals surface area contributed by atoms with Crippen LogP contribution in [0.15, 0.2) is 60.9 Å². The van der Waals surface area contributed by atoms with Crippen LogP contribution in [0.3, 0.4) is 0 Å². The molecule has 2 aromatic heterocycles. The molecule has 0 unspecified atom stereocenters. The molecule has 8 atom stereocenters. The first kappa shape index (κ1) is 39.2. The Hall–Kier alpha value is -5.66. The lowest BCUT2D eigenvalue weighted by Gasteiger charge is -2.37. The van der Waals surface area contributed by atoms with Gasteiger partial charge in [-0.25, -0.2) is 19.6 Å². The van der Waals surface area contributed by atoms with E-state index in [-0.39, 0.29) is 47.8 Å². The first-order valence-electron chi connectivity index (χ1n) is 20.6. The Morgan fingerprint density at radius 3 is 1.31 bits per heavy atom. The summed E-state index contributed by atoms with van der Waals surface area (Å²) in [5.41, 5.74) is 5.88. The molecule has 4 fully saturated rings. The Labute approximate surface area is 338 Å². The molecule has 0 spiro atoms. The van der Waals surface area contributed by atoms with E-state index in [1.54, 1.807) is 0 Å². The predicted octanol–water partition coefficient (Wildman–Crippen LogP) is 7.00. The topological polar surface area (TPSA) is 175 Å². The predicted molar refractivity (Wildman–Crippen MR) is 217 cm³/mol. The minimum Gasteiger partial charge on any atom is -0.453 e. The molecule has 4 N–H and O–H groups in total. The number of hydrogen-bond acceptors (Lipinski definition) is 8. The van der Waals surface area contributed by atoms with Crippen LogP contribution in [0, 0.1) is 23.7 Å². The summed E-state index contributed by atoms with van der Waals surface area (Å²) in [5.74, 6) is 1.78. The molecule has 4 aromatic rings. The number of alkyl carbamates (subject to hydrolysis) is 2. The standard InChI is InChI=1S/C44H54N8O6/c1-23(2)35(49-43(55)57-5)41(53)51-31-17-15-29(19-31)37(51)39-45-21-33(47-39)27-11-7-25(8-12-27)26-9-13-28(14-10-26)34-22-46-40(48-34)38-30-16-18-32(20-30)52(38)42(54)36(24(3)4)50-44(56)58-6/h7-14,21-24,29-32,35-38H,15-20H2,1-6H3,(H,45,47)(H,46,48)(H,49,55)(H,50,56)/t29-,30-,31-,32-,35+,36+,37+,38+/m1/s1. The van der Waals surface area contributed by atoms with Crippen LogP contribution in [0.4, 0.5) is 9.59 Å². The van der Waals surface area contributed by atoms with E-state index >= 15 is 0 Å². The van der Waals surface area contributed by atoms with Gasteiger partial charge in [-0.05, 0) is 84.5 Å². The molecule has 58 heavy (non-hydrogen) atoms. The number of benzene rings is 2. The third kappa shape index (κ3) is 7.21. The summed E-state index contributed by atoms with van der Waals surface area (Å²) in [4.78, 5) is 72.7. The zero-order chi connectivity index (χ0) is 40.8.